The Balaban J connectivity index is 0.000000128. The van der Waals surface area contributed by atoms with Gasteiger partial charge in [-0.2, -0.15) is 0 Å². The molecule has 0 fully saturated rings. The third kappa shape index (κ3) is 12.8. The van der Waals surface area contributed by atoms with Crippen LogP contribution >= 0.6 is 0 Å². The normalized spacial score (nSPS) is 18.0. The van der Waals surface area contributed by atoms with Crippen LogP contribution in [0.4, 0.5) is 0 Å². The van der Waals surface area contributed by atoms with E-state index < -0.39 is 0 Å². The Morgan fingerprint density at radius 2 is 0.506 bits per heavy atom. The molecular weight excluding hydrogens is 973 g/mol. The fourth-order valence-electron chi connectivity index (χ4n) is 15.4. The lowest BCUT2D eigenvalue weighted by Gasteiger charge is -2.14. The van der Waals surface area contributed by atoms with Gasteiger partial charge >= 0.3 is 0 Å². The van der Waals surface area contributed by atoms with Crippen molar-refractivity contribution in [3.8, 4) is 0 Å². The number of hydrogen-bond donors (Lipinski definition) is 0. The minimum Gasteiger partial charge on any atom is -0.0992 e. The molecule has 428 valence electrons. The molecule has 6 aromatic carbocycles. The van der Waals surface area contributed by atoms with Crippen molar-refractivity contribution < 1.29 is 0 Å². The SMILES string of the molecule is C=C1Cc2c(C)cc(C)c(C)c2C1.C=C1Cc2c(C)cc(C)c(C)c2C1.CC1=Cc2c(C)c(C)cc(C)c2C1.CC1=Cc2c(C)c3c(c(C)c2C1)CC(C)C3.Cc1cc(C)c2c(c1C)CC(C)C2.Cc1cc(C)c2c(c1C)CC(C)C2. The van der Waals surface area contributed by atoms with Crippen molar-refractivity contribution >= 4 is 12.2 Å². The lowest BCUT2D eigenvalue weighted by molar-refractivity contribution is 0.626. The molecule has 0 aliphatic heterocycles. The molecular formula is C81H104. The minimum absolute atomic E-state index is 0.847. The predicted molar refractivity (Wildman–Crippen MR) is 357 cm³/mol. The lowest BCUT2D eigenvalue weighted by atomic mass is 9.90. The molecule has 7 aliphatic rings. The molecule has 0 saturated heterocycles. The monoisotopic (exact) mass is 1080 g/mol. The van der Waals surface area contributed by atoms with Crippen LogP contribution in [0.15, 0.2) is 65.8 Å². The lowest BCUT2D eigenvalue weighted by Crippen LogP contribution is -2.00. The number of aryl methyl sites for hydroxylation is 10. The Hall–Kier alpha value is -5.72. The van der Waals surface area contributed by atoms with E-state index in [1.165, 1.54) is 167 Å². The average molecular weight is 1080 g/mol. The van der Waals surface area contributed by atoms with Crippen LogP contribution in [0.25, 0.3) is 12.2 Å². The molecule has 0 N–H and O–H groups in total. The zero-order chi connectivity index (χ0) is 59.4. The van der Waals surface area contributed by atoms with Crippen molar-refractivity contribution in [3.63, 3.8) is 0 Å². The van der Waals surface area contributed by atoms with Crippen LogP contribution < -0.4 is 0 Å². The van der Waals surface area contributed by atoms with Gasteiger partial charge in [0.25, 0.3) is 0 Å². The molecule has 3 unspecified atom stereocenters. The second kappa shape index (κ2) is 24.6. The molecule has 0 bridgehead atoms. The summed E-state index contributed by atoms with van der Waals surface area (Å²) in [6.07, 6.45) is 19.3. The van der Waals surface area contributed by atoms with Gasteiger partial charge in [-0.25, -0.2) is 0 Å². The van der Waals surface area contributed by atoms with Gasteiger partial charge in [-0.1, -0.05) is 98.7 Å². The topological polar surface area (TPSA) is 0 Å². The van der Waals surface area contributed by atoms with Crippen LogP contribution in [0.1, 0.15) is 207 Å². The minimum atomic E-state index is 0.847. The average Bonchev–Trinajstić information content (AvgIpc) is 4.37. The largest absolute Gasteiger partial charge is 0.0992 e. The smallest absolute Gasteiger partial charge is 0.00578 e. The van der Waals surface area contributed by atoms with Crippen LogP contribution in [-0.2, 0) is 77.0 Å². The first-order valence-corrected chi connectivity index (χ1v) is 31.3. The molecule has 0 radical (unpaired) electrons. The zero-order valence-corrected chi connectivity index (χ0v) is 55.2. The van der Waals surface area contributed by atoms with E-state index in [0.717, 1.165) is 49.9 Å². The fourth-order valence-corrected chi connectivity index (χ4v) is 15.4. The summed E-state index contributed by atoms with van der Waals surface area (Å²) in [5, 5.41) is 0. The van der Waals surface area contributed by atoms with E-state index in [1.807, 2.05) is 0 Å². The van der Waals surface area contributed by atoms with Gasteiger partial charge in [0.15, 0.2) is 0 Å². The van der Waals surface area contributed by atoms with Crippen LogP contribution in [-0.4, -0.2) is 0 Å². The quantitative estimate of drug-likeness (QED) is 0.133. The van der Waals surface area contributed by atoms with Gasteiger partial charge in [0, 0.05) is 0 Å². The first-order chi connectivity index (χ1) is 38.0. The van der Waals surface area contributed by atoms with Gasteiger partial charge in [-0.05, 0) is 399 Å². The second-order valence-electron chi connectivity index (χ2n) is 27.6. The molecule has 0 heteroatoms. The van der Waals surface area contributed by atoms with Crippen LogP contribution in [0, 0.1) is 135 Å². The third-order valence-corrected chi connectivity index (χ3v) is 20.7. The standard InChI is InChI=1S/C16H20.2C13H18.3C13H16/c1-9-5-13-11(3)15-7-10(2)8-16(15)12(4)14(13)6-9;5*1-8-5-12-10(3)7-9(2)11(4)13(12)6-8/h5,10H,6-8H2,1-4H3;2*7-8H,5-6H2,1-4H3;6-7H,5H2,1-4H3;2*7H,1,5-6H2,2-4H3. The van der Waals surface area contributed by atoms with Crippen molar-refractivity contribution in [1.82, 2.24) is 0 Å². The number of fused-ring (bicyclic) bond motifs is 7. The Labute approximate surface area is 494 Å². The summed E-state index contributed by atoms with van der Waals surface area (Å²) in [5.74, 6) is 2.56. The Bertz CT molecular complexity index is 3410. The highest BCUT2D eigenvalue weighted by atomic mass is 14.3. The third-order valence-electron chi connectivity index (χ3n) is 20.7. The summed E-state index contributed by atoms with van der Waals surface area (Å²) in [7, 11) is 0. The van der Waals surface area contributed by atoms with Crippen molar-refractivity contribution in [2.75, 3.05) is 0 Å². The maximum Gasteiger partial charge on any atom is -0.00578 e. The van der Waals surface area contributed by atoms with E-state index in [4.69, 9.17) is 0 Å². The summed E-state index contributed by atoms with van der Waals surface area (Å²) in [5.41, 5.74) is 53.1. The summed E-state index contributed by atoms with van der Waals surface area (Å²) in [4.78, 5) is 0. The van der Waals surface area contributed by atoms with Crippen molar-refractivity contribution in [3.05, 3.63) is 238 Å². The first kappa shape index (κ1) is 61.4. The summed E-state index contributed by atoms with van der Waals surface area (Å²) in [6, 6.07) is 11.6. The van der Waals surface area contributed by atoms with Crippen molar-refractivity contribution in [2.24, 2.45) is 17.8 Å². The predicted octanol–water partition coefficient (Wildman–Crippen LogP) is 20.8. The van der Waals surface area contributed by atoms with E-state index >= 15 is 0 Å². The maximum atomic E-state index is 4.08. The molecule has 3 atom stereocenters. The Morgan fingerprint density at radius 3 is 0.889 bits per heavy atom. The highest BCUT2D eigenvalue weighted by Crippen LogP contribution is 2.41. The Morgan fingerprint density at radius 1 is 0.247 bits per heavy atom. The molecule has 0 heterocycles. The summed E-state index contributed by atoms with van der Waals surface area (Å²) < 4.78 is 0. The highest BCUT2D eigenvalue weighted by molar-refractivity contribution is 5.72. The molecule has 0 aromatic heterocycles. The first-order valence-electron chi connectivity index (χ1n) is 31.3. The molecule has 81 heavy (non-hydrogen) atoms. The molecule has 0 spiro atoms. The zero-order valence-electron chi connectivity index (χ0n) is 55.2. The maximum absolute atomic E-state index is 4.08. The second-order valence-corrected chi connectivity index (χ2v) is 27.6. The molecule has 7 aliphatic carbocycles. The van der Waals surface area contributed by atoms with Gasteiger partial charge in [0.2, 0.25) is 0 Å². The molecule has 0 nitrogen and oxygen atoms in total. The van der Waals surface area contributed by atoms with E-state index in [-0.39, 0.29) is 0 Å². The van der Waals surface area contributed by atoms with E-state index in [0.29, 0.717) is 0 Å². The molecule has 13 rings (SSSR count). The van der Waals surface area contributed by atoms with Gasteiger partial charge in [0.05, 0.1) is 0 Å². The number of benzene rings is 6. The Kier molecular flexibility index (Phi) is 18.6. The van der Waals surface area contributed by atoms with Crippen LogP contribution in [0.5, 0.6) is 0 Å². The number of allylic oxidation sites excluding steroid dienone is 4. The molecule has 6 aromatic rings. The molecule has 0 saturated carbocycles. The number of hydrogen-bond acceptors (Lipinski definition) is 0. The van der Waals surface area contributed by atoms with E-state index in [1.54, 1.807) is 72.3 Å². The van der Waals surface area contributed by atoms with Crippen LogP contribution in [0.2, 0.25) is 0 Å². The molecule has 0 amide bonds. The van der Waals surface area contributed by atoms with Gasteiger partial charge in [-0.15, -0.1) is 0 Å². The highest BCUT2D eigenvalue weighted by Gasteiger charge is 2.28. The van der Waals surface area contributed by atoms with E-state index in [2.05, 4.69) is 208 Å². The van der Waals surface area contributed by atoms with Crippen LogP contribution in [0.3, 0.4) is 0 Å². The summed E-state index contributed by atoms with van der Waals surface area (Å²) >= 11 is 0. The van der Waals surface area contributed by atoms with Gasteiger partial charge in [-0.3, -0.25) is 0 Å². The van der Waals surface area contributed by atoms with E-state index in [9.17, 15) is 0 Å². The van der Waals surface area contributed by atoms with Crippen molar-refractivity contribution in [2.45, 2.75) is 229 Å². The fraction of sp³-hybridized carbons (Fsp3) is 0.457. The van der Waals surface area contributed by atoms with Crippen molar-refractivity contribution in [1.29, 1.82) is 0 Å². The number of rotatable bonds is 0. The van der Waals surface area contributed by atoms with Gasteiger partial charge in [0.1, 0.15) is 0 Å². The van der Waals surface area contributed by atoms with Gasteiger partial charge < -0.3 is 0 Å². The summed E-state index contributed by atoms with van der Waals surface area (Å²) in [6.45, 7) is 57.8.